The van der Waals surface area contributed by atoms with Gasteiger partial charge in [-0.3, -0.25) is 25.6 Å². The summed E-state index contributed by atoms with van der Waals surface area (Å²) in [5.41, 5.74) is 6.33. The maximum absolute atomic E-state index is 12.2. The number of unbranched alkanes of at least 4 members (excludes halogenated alkanes) is 2. The van der Waals surface area contributed by atoms with Gasteiger partial charge in [0.25, 0.3) is 0 Å². The molecule has 0 saturated carbocycles. The van der Waals surface area contributed by atoms with Crippen LogP contribution in [-0.2, 0) is 9.59 Å². The lowest BCUT2D eigenvalue weighted by molar-refractivity contribution is -0.154. The number of nitrogens with zero attached hydrogens (tertiary/aromatic N) is 2. The molecule has 0 aliphatic heterocycles. The SMILES string of the molecule is CCCCC[C@@H](CN(O)C=O)C(=O)NNc1ccc(C)cn1. The van der Waals surface area contributed by atoms with E-state index < -0.39 is 5.92 Å². The number of aryl methyl sites for hydroxylation is 1. The number of carbonyl (C=O) groups is 2. The van der Waals surface area contributed by atoms with Gasteiger partial charge >= 0.3 is 0 Å². The minimum atomic E-state index is -0.473. The Labute approximate surface area is 130 Å². The second kappa shape index (κ2) is 9.73. The summed E-state index contributed by atoms with van der Waals surface area (Å²) in [4.78, 5) is 26.8. The Bertz CT molecular complexity index is 464. The Hall–Kier alpha value is -2.15. The fourth-order valence-corrected chi connectivity index (χ4v) is 1.98. The number of aromatic nitrogens is 1. The molecule has 1 rings (SSSR count). The molecule has 0 bridgehead atoms. The predicted molar refractivity (Wildman–Crippen MR) is 82.9 cm³/mol. The fourth-order valence-electron chi connectivity index (χ4n) is 1.98. The maximum Gasteiger partial charge on any atom is 0.243 e. The quantitative estimate of drug-likeness (QED) is 0.265. The lowest BCUT2D eigenvalue weighted by Gasteiger charge is -2.19. The highest BCUT2D eigenvalue weighted by Gasteiger charge is 2.20. The van der Waals surface area contributed by atoms with Gasteiger partial charge in [-0.05, 0) is 25.0 Å². The lowest BCUT2D eigenvalue weighted by Crippen LogP contribution is -2.40. The highest BCUT2D eigenvalue weighted by atomic mass is 16.5. The number of amides is 2. The van der Waals surface area contributed by atoms with Gasteiger partial charge in [-0.1, -0.05) is 32.3 Å². The number of anilines is 1. The van der Waals surface area contributed by atoms with Crippen molar-refractivity contribution in [1.29, 1.82) is 0 Å². The van der Waals surface area contributed by atoms with Crippen molar-refractivity contribution in [1.82, 2.24) is 15.5 Å². The van der Waals surface area contributed by atoms with Crippen molar-refractivity contribution in [2.75, 3.05) is 12.0 Å². The summed E-state index contributed by atoms with van der Waals surface area (Å²) in [6, 6.07) is 3.63. The van der Waals surface area contributed by atoms with E-state index in [0.717, 1.165) is 24.8 Å². The Balaban J connectivity index is 2.53. The summed E-state index contributed by atoms with van der Waals surface area (Å²) in [7, 11) is 0. The van der Waals surface area contributed by atoms with Gasteiger partial charge in [0, 0.05) is 6.20 Å². The van der Waals surface area contributed by atoms with E-state index in [4.69, 9.17) is 0 Å². The number of hydrogen-bond acceptors (Lipinski definition) is 5. The topological polar surface area (TPSA) is 94.6 Å². The van der Waals surface area contributed by atoms with Gasteiger partial charge in [-0.15, -0.1) is 0 Å². The van der Waals surface area contributed by atoms with Crippen LogP contribution in [0.2, 0.25) is 0 Å². The van der Waals surface area contributed by atoms with Crippen molar-refractivity contribution in [3.63, 3.8) is 0 Å². The second-order valence-electron chi connectivity index (χ2n) is 5.26. The molecule has 0 radical (unpaired) electrons. The predicted octanol–water partition coefficient (Wildman–Crippen LogP) is 1.88. The molecule has 0 aromatic carbocycles. The third kappa shape index (κ3) is 6.53. The molecule has 0 spiro atoms. The second-order valence-corrected chi connectivity index (χ2v) is 5.26. The van der Waals surface area contributed by atoms with Crippen molar-refractivity contribution in [3.8, 4) is 0 Å². The molecule has 1 aromatic heterocycles. The maximum atomic E-state index is 12.2. The van der Waals surface area contributed by atoms with Gasteiger partial charge in [0.2, 0.25) is 12.3 Å². The number of hydroxylamine groups is 2. The van der Waals surface area contributed by atoms with Crippen LogP contribution in [0.1, 0.15) is 38.2 Å². The smallest absolute Gasteiger partial charge is 0.243 e. The molecule has 7 heteroatoms. The molecule has 1 atom stereocenters. The van der Waals surface area contributed by atoms with Crippen LogP contribution in [0.25, 0.3) is 0 Å². The number of hydrazine groups is 1. The monoisotopic (exact) mass is 308 g/mol. The minimum absolute atomic E-state index is 0.0257. The molecule has 0 saturated heterocycles. The molecule has 122 valence electrons. The molecule has 3 N–H and O–H groups in total. The first-order chi connectivity index (χ1) is 10.6. The molecule has 7 nitrogen and oxygen atoms in total. The van der Waals surface area contributed by atoms with E-state index in [1.807, 2.05) is 13.0 Å². The van der Waals surface area contributed by atoms with Gasteiger partial charge in [0.1, 0.15) is 5.82 Å². The van der Waals surface area contributed by atoms with Crippen molar-refractivity contribution >= 4 is 18.1 Å². The van der Waals surface area contributed by atoms with Gasteiger partial charge in [-0.25, -0.2) is 10.0 Å². The molecule has 1 heterocycles. The Morgan fingerprint density at radius 2 is 2.23 bits per heavy atom. The van der Waals surface area contributed by atoms with E-state index in [0.29, 0.717) is 23.7 Å². The summed E-state index contributed by atoms with van der Waals surface area (Å²) in [5.74, 6) is -0.221. The average Bonchev–Trinajstić information content (AvgIpc) is 2.53. The van der Waals surface area contributed by atoms with Crippen LogP contribution in [0.4, 0.5) is 5.82 Å². The number of carbonyl (C=O) groups excluding carboxylic acids is 2. The van der Waals surface area contributed by atoms with Crippen LogP contribution in [0.15, 0.2) is 18.3 Å². The van der Waals surface area contributed by atoms with Crippen molar-refractivity contribution < 1.29 is 14.8 Å². The molecule has 0 unspecified atom stereocenters. The van der Waals surface area contributed by atoms with E-state index in [9.17, 15) is 14.8 Å². The zero-order valence-electron chi connectivity index (χ0n) is 13.1. The zero-order valence-corrected chi connectivity index (χ0v) is 13.1. The van der Waals surface area contributed by atoms with Crippen molar-refractivity contribution in [2.45, 2.75) is 39.5 Å². The normalized spacial score (nSPS) is 11.6. The summed E-state index contributed by atoms with van der Waals surface area (Å²) in [6.45, 7) is 3.97. The number of hydrogen-bond donors (Lipinski definition) is 3. The molecule has 1 aromatic rings. The Morgan fingerprint density at radius 3 is 2.82 bits per heavy atom. The Kier molecular flexibility index (Phi) is 7.91. The summed E-state index contributed by atoms with van der Waals surface area (Å²) >= 11 is 0. The van der Waals surface area contributed by atoms with Crippen molar-refractivity contribution in [3.05, 3.63) is 23.9 Å². The van der Waals surface area contributed by atoms with Crippen LogP contribution in [0.3, 0.4) is 0 Å². The minimum Gasteiger partial charge on any atom is -0.286 e. The Morgan fingerprint density at radius 1 is 1.45 bits per heavy atom. The van der Waals surface area contributed by atoms with E-state index in [1.54, 1.807) is 12.3 Å². The van der Waals surface area contributed by atoms with Crippen molar-refractivity contribution in [2.24, 2.45) is 5.92 Å². The van der Waals surface area contributed by atoms with Crippen LogP contribution in [-0.4, -0.2) is 34.1 Å². The zero-order chi connectivity index (χ0) is 16.4. The molecule has 0 fully saturated rings. The van der Waals surface area contributed by atoms with Crippen LogP contribution < -0.4 is 10.9 Å². The molecule has 22 heavy (non-hydrogen) atoms. The van der Waals surface area contributed by atoms with Gasteiger partial charge in [0.15, 0.2) is 0 Å². The number of pyridine rings is 1. The molecular formula is C15H24N4O3. The summed E-state index contributed by atoms with van der Waals surface area (Å²) in [6.07, 6.45) is 5.50. The number of nitrogens with one attached hydrogen (secondary N) is 2. The molecule has 2 amide bonds. The van der Waals surface area contributed by atoms with E-state index in [2.05, 4.69) is 22.8 Å². The first-order valence-corrected chi connectivity index (χ1v) is 7.46. The molecule has 0 aliphatic carbocycles. The third-order valence-electron chi connectivity index (χ3n) is 3.28. The first kappa shape index (κ1) is 17.9. The van der Waals surface area contributed by atoms with E-state index in [1.165, 1.54) is 0 Å². The van der Waals surface area contributed by atoms with Gasteiger partial charge in [-0.2, -0.15) is 0 Å². The van der Waals surface area contributed by atoms with E-state index >= 15 is 0 Å². The highest BCUT2D eigenvalue weighted by molar-refractivity contribution is 5.80. The molecular weight excluding hydrogens is 284 g/mol. The third-order valence-corrected chi connectivity index (χ3v) is 3.28. The average molecular weight is 308 g/mol. The van der Waals surface area contributed by atoms with Crippen LogP contribution >= 0.6 is 0 Å². The lowest BCUT2D eigenvalue weighted by atomic mass is 10.0. The summed E-state index contributed by atoms with van der Waals surface area (Å²) in [5, 5.41) is 9.80. The first-order valence-electron chi connectivity index (χ1n) is 7.46. The van der Waals surface area contributed by atoms with E-state index in [-0.39, 0.29) is 12.5 Å². The summed E-state index contributed by atoms with van der Waals surface area (Å²) < 4.78 is 0. The standard InChI is InChI=1S/C15H24N4O3/c1-3-4-5-6-13(10-19(22)11-20)15(21)18-17-14-8-7-12(2)9-16-14/h7-9,11,13,22H,3-6,10H2,1-2H3,(H,16,17)(H,18,21)/t13-/m0/s1. The number of rotatable bonds is 10. The van der Waals surface area contributed by atoms with Crippen LogP contribution in [0, 0.1) is 12.8 Å². The highest BCUT2D eigenvalue weighted by Crippen LogP contribution is 2.11. The fraction of sp³-hybridized carbons (Fsp3) is 0.533. The van der Waals surface area contributed by atoms with Gasteiger partial charge in [0.05, 0.1) is 12.5 Å². The largest absolute Gasteiger partial charge is 0.286 e. The van der Waals surface area contributed by atoms with Crippen LogP contribution in [0.5, 0.6) is 0 Å². The molecule has 0 aliphatic rings. The van der Waals surface area contributed by atoms with Gasteiger partial charge < -0.3 is 0 Å².